The van der Waals surface area contributed by atoms with Crippen molar-refractivity contribution in [2.75, 3.05) is 13.2 Å². The van der Waals surface area contributed by atoms with Gasteiger partial charge in [-0.05, 0) is 31.4 Å². The van der Waals surface area contributed by atoms with Crippen LogP contribution in [0, 0.1) is 5.82 Å². The van der Waals surface area contributed by atoms with E-state index in [1.54, 1.807) is 35.7 Å². The normalized spacial score (nSPS) is 18.0. The third-order valence-electron chi connectivity index (χ3n) is 3.97. The number of hydrogen-bond acceptors (Lipinski definition) is 4. The number of benzene rings is 1. The van der Waals surface area contributed by atoms with Gasteiger partial charge in [0, 0.05) is 18.1 Å². The molecular weight excluding hydrogens is 315 g/mol. The zero-order valence-electron chi connectivity index (χ0n) is 12.8. The first-order chi connectivity index (χ1) is 11.3. The van der Waals surface area contributed by atoms with Crippen LogP contribution in [-0.4, -0.2) is 28.9 Å². The number of ether oxygens (including phenoxy) is 1. The summed E-state index contributed by atoms with van der Waals surface area (Å²) < 4.78 is 18.9. The maximum absolute atomic E-state index is 13.5. The molecule has 1 aromatic heterocycles. The molecule has 0 spiro atoms. The van der Waals surface area contributed by atoms with Crippen LogP contribution in [0.25, 0.3) is 0 Å². The van der Waals surface area contributed by atoms with E-state index in [1.807, 2.05) is 10.3 Å². The van der Waals surface area contributed by atoms with Gasteiger partial charge in [0.25, 0.3) is 0 Å². The molecule has 122 valence electrons. The second-order valence-corrected chi connectivity index (χ2v) is 6.42. The number of aromatic nitrogens is 1. The summed E-state index contributed by atoms with van der Waals surface area (Å²) in [5.41, 5.74) is 0. The van der Waals surface area contributed by atoms with E-state index in [9.17, 15) is 9.18 Å². The SMILES string of the molecule is O=C(CCOc1ccccc1F)N1CCCCC1c1nccs1. The highest BCUT2D eigenvalue weighted by molar-refractivity contribution is 7.09. The number of hydrogen-bond donors (Lipinski definition) is 0. The molecule has 3 rings (SSSR count). The minimum atomic E-state index is -0.404. The van der Waals surface area contributed by atoms with Crippen LogP contribution in [0.1, 0.15) is 36.7 Å². The number of piperidine rings is 1. The van der Waals surface area contributed by atoms with Crippen molar-refractivity contribution in [2.24, 2.45) is 0 Å². The number of amides is 1. The molecule has 4 nitrogen and oxygen atoms in total. The number of nitrogens with zero attached hydrogens (tertiary/aromatic N) is 2. The van der Waals surface area contributed by atoms with Crippen molar-refractivity contribution in [3.8, 4) is 5.75 Å². The van der Waals surface area contributed by atoms with Crippen LogP contribution in [0.5, 0.6) is 5.75 Å². The Bertz CT molecular complexity index is 648. The van der Waals surface area contributed by atoms with Crippen molar-refractivity contribution in [3.05, 3.63) is 46.7 Å². The van der Waals surface area contributed by atoms with Crippen LogP contribution in [0.4, 0.5) is 4.39 Å². The zero-order chi connectivity index (χ0) is 16.1. The van der Waals surface area contributed by atoms with Crippen molar-refractivity contribution in [1.82, 2.24) is 9.88 Å². The van der Waals surface area contributed by atoms with E-state index < -0.39 is 5.82 Å². The molecule has 1 unspecified atom stereocenters. The fourth-order valence-corrected chi connectivity index (χ4v) is 3.62. The van der Waals surface area contributed by atoms with Crippen LogP contribution in [0.3, 0.4) is 0 Å². The van der Waals surface area contributed by atoms with E-state index in [1.165, 1.54) is 6.07 Å². The first-order valence-electron chi connectivity index (χ1n) is 7.82. The lowest BCUT2D eigenvalue weighted by atomic mass is 10.0. The van der Waals surface area contributed by atoms with Gasteiger partial charge in [-0.1, -0.05) is 12.1 Å². The van der Waals surface area contributed by atoms with E-state index in [-0.39, 0.29) is 30.7 Å². The average Bonchev–Trinajstić information content (AvgIpc) is 3.11. The summed E-state index contributed by atoms with van der Waals surface area (Å²) in [6.07, 6.45) is 5.10. The van der Waals surface area contributed by atoms with E-state index in [4.69, 9.17) is 4.74 Å². The van der Waals surface area contributed by atoms with Gasteiger partial charge in [0.1, 0.15) is 5.01 Å². The maximum atomic E-state index is 13.5. The number of carbonyl (C=O) groups is 1. The van der Waals surface area contributed by atoms with E-state index >= 15 is 0 Å². The lowest BCUT2D eigenvalue weighted by Crippen LogP contribution is -2.39. The molecule has 0 radical (unpaired) electrons. The minimum absolute atomic E-state index is 0.0428. The minimum Gasteiger partial charge on any atom is -0.490 e. The Morgan fingerprint density at radius 2 is 2.26 bits per heavy atom. The lowest BCUT2D eigenvalue weighted by molar-refractivity contribution is -0.135. The molecule has 1 atom stereocenters. The molecule has 2 heterocycles. The maximum Gasteiger partial charge on any atom is 0.226 e. The van der Waals surface area contributed by atoms with E-state index in [0.29, 0.717) is 0 Å². The summed E-state index contributed by atoms with van der Waals surface area (Å²) in [4.78, 5) is 18.8. The summed E-state index contributed by atoms with van der Waals surface area (Å²) in [6.45, 7) is 0.934. The van der Waals surface area contributed by atoms with Gasteiger partial charge in [-0.25, -0.2) is 9.37 Å². The molecule has 0 saturated carbocycles. The summed E-state index contributed by atoms with van der Waals surface area (Å²) in [5.74, 6) is -0.171. The Morgan fingerprint density at radius 1 is 1.39 bits per heavy atom. The van der Waals surface area contributed by atoms with Gasteiger partial charge in [0.15, 0.2) is 11.6 Å². The van der Waals surface area contributed by atoms with Gasteiger partial charge in [0.2, 0.25) is 5.91 Å². The second-order valence-electron chi connectivity index (χ2n) is 5.50. The predicted octanol–water partition coefficient (Wildman–Crippen LogP) is 3.80. The van der Waals surface area contributed by atoms with Gasteiger partial charge in [-0.3, -0.25) is 4.79 Å². The van der Waals surface area contributed by atoms with Crippen LogP contribution in [0.2, 0.25) is 0 Å². The highest BCUT2D eigenvalue weighted by atomic mass is 32.1. The van der Waals surface area contributed by atoms with Crippen molar-refractivity contribution in [2.45, 2.75) is 31.7 Å². The lowest BCUT2D eigenvalue weighted by Gasteiger charge is -2.34. The molecule has 0 bridgehead atoms. The molecule has 0 N–H and O–H groups in total. The molecule has 1 aliphatic rings. The fourth-order valence-electron chi connectivity index (χ4n) is 2.84. The van der Waals surface area contributed by atoms with Gasteiger partial charge in [-0.15, -0.1) is 11.3 Å². The Hall–Kier alpha value is -1.95. The number of thiazole rings is 1. The van der Waals surface area contributed by atoms with Crippen LogP contribution < -0.4 is 4.74 Å². The Morgan fingerprint density at radius 3 is 3.04 bits per heavy atom. The van der Waals surface area contributed by atoms with E-state index in [0.717, 1.165) is 30.8 Å². The largest absolute Gasteiger partial charge is 0.490 e. The number of likely N-dealkylation sites (tertiary alicyclic amines) is 1. The number of para-hydroxylation sites is 1. The molecular formula is C17H19FN2O2S. The molecule has 1 amide bonds. The standard InChI is InChI=1S/C17H19FN2O2S/c18-13-5-1-2-7-15(13)22-11-8-16(21)20-10-4-3-6-14(20)17-19-9-12-23-17/h1-2,5,7,9,12,14H,3-4,6,8,10-11H2. The quantitative estimate of drug-likeness (QED) is 0.835. The smallest absolute Gasteiger partial charge is 0.226 e. The van der Waals surface area contributed by atoms with Crippen molar-refractivity contribution >= 4 is 17.2 Å². The highest BCUT2D eigenvalue weighted by Gasteiger charge is 2.29. The summed E-state index contributed by atoms with van der Waals surface area (Å²) >= 11 is 1.59. The number of carbonyl (C=O) groups excluding carboxylic acids is 1. The molecule has 1 aromatic carbocycles. The number of halogens is 1. The Labute approximate surface area is 138 Å². The van der Waals surface area contributed by atoms with E-state index in [2.05, 4.69) is 4.98 Å². The second kappa shape index (κ2) is 7.55. The summed E-state index contributed by atoms with van der Waals surface area (Å²) in [5, 5.41) is 2.93. The van der Waals surface area contributed by atoms with Crippen LogP contribution >= 0.6 is 11.3 Å². The first-order valence-corrected chi connectivity index (χ1v) is 8.70. The van der Waals surface area contributed by atoms with Gasteiger partial charge in [0.05, 0.1) is 19.1 Å². The zero-order valence-corrected chi connectivity index (χ0v) is 13.6. The average molecular weight is 334 g/mol. The third-order valence-corrected chi connectivity index (χ3v) is 4.85. The van der Waals surface area contributed by atoms with Crippen molar-refractivity contribution in [1.29, 1.82) is 0 Å². The van der Waals surface area contributed by atoms with Gasteiger partial charge >= 0.3 is 0 Å². The molecule has 6 heteroatoms. The summed E-state index contributed by atoms with van der Waals surface area (Å²) in [7, 11) is 0. The molecule has 2 aromatic rings. The van der Waals surface area contributed by atoms with Gasteiger partial charge < -0.3 is 9.64 Å². The first kappa shape index (κ1) is 15.9. The molecule has 1 saturated heterocycles. The monoisotopic (exact) mass is 334 g/mol. The summed E-state index contributed by atoms with van der Waals surface area (Å²) in [6, 6.07) is 6.31. The fraction of sp³-hybridized carbons (Fsp3) is 0.412. The molecule has 1 aliphatic heterocycles. The predicted molar refractivity (Wildman–Crippen MR) is 86.9 cm³/mol. The Balaban J connectivity index is 1.57. The Kier molecular flexibility index (Phi) is 5.23. The van der Waals surface area contributed by atoms with Crippen molar-refractivity contribution in [3.63, 3.8) is 0 Å². The van der Waals surface area contributed by atoms with Gasteiger partial charge in [-0.2, -0.15) is 0 Å². The molecule has 1 fully saturated rings. The van der Waals surface area contributed by atoms with Crippen LogP contribution in [0.15, 0.2) is 35.8 Å². The highest BCUT2D eigenvalue weighted by Crippen LogP contribution is 2.32. The van der Waals surface area contributed by atoms with Crippen molar-refractivity contribution < 1.29 is 13.9 Å². The number of rotatable bonds is 5. The molecule has 0 aliphatic carbocycles. The molecule has 23 heavy (non-hydrogen) atoms. The third kappa shape index (κ3) is 3.88. The topological polar surface area (TPSA) is 42.4 Å². The van der Waals surface area contributed by atoms with Crippen LogP contribution in [-0.2, 0) is 4.79 Å².